The first-order valence-corrected chi connectivity index (χ1v) is 6.64. The van der Waals surface area contributed by atoms with Gasteiger partial charge in [-0.05, 0) is 59.0 Å². The van der Waals surface area contributed by atoms with Crippen molar-refractivity contribution in [3.63, 3.8) is 0 Å². The summed E-state index contributed by atoms with van der Waals surface area (Å²) in [5.41, 5.74) is 5.46. The van der Waals surface area contributed by atoms with Crippen molar-refractivity contribution < 1.29 is 4.79 Å². The predicted molar refractivity (Wildman–Crippen MR) is 78.0 cm³/mol. The number of nitrogens with zero attached hydrogens (tertiary/aromatic N) is 1. The third-order valence-electron chi connectivity index (χ3n) is 3.06. The molecular weight excluding hydrogens is 250 g/mol. The van der Waals surface area contributed by atoms with Crippen LogP contribution in [0.5, 0.6) is 0 Å². The Morgan fingerprint density at radius 3 is 2.67 bits per heavy atom. The number of carbonyl (C=O) groups excluding carboxylic acids is 1. The Balaban J connectivity index is 0.00000289. The molecule has 0 aliphatic carbocycles. The number of nitrogens with one attached hydrogen (secondary N) is 1. The summed E-state index contributed by atoms with van der Waals surface area (Å²) in [4.78, 5) is 14.1. The van der Waals surface area contributed by atoms with Crippen LogP contribution in [0.15, 0.2) is 0 Å². The van der Waals surface area contributed by atoms with Gasteiger partial charge in [-0.15, -0.1) is 12.4 Å². The quantitative estimate of drug-likeness (QED) is 0.816. The van der Waals surface area contributed by atoms with E-state index in [1.54, 1.807) is 0 Å². The van der Waals surface area contributed by atoms with Gasteiger partial charge in [-0.2, -0.15) is 0 Å². The molecule has 5 heteroatoms. The lowest BCUT2D eigenvalue weighted by Gasteiger charge is -2.33. The molecule has 0 bridgehead atoms. The van der Waals surface area contributed by atoms with E-state index in [4.69, 9.17) is 5.73 Å². The maximum Gasteiger partial charge on any atom is 0.234 e. The summed E-state index contributed by atoms with van der Waals surface area (Å²) in [6.07, 6.45) is 3.53. The lowest BCUT2D eigenvalue weighted by Crippen LogP contribution is -2.48. The van der Waals surface area contributed by atoms with Gasteiger partial charge < -0.3 is 11.1 Å². The number of piperidine rings is 1. The Labute approximate surface area is 117 Å². The number of halogens is 1. The lowest BCUT2D eigenvalue weighted by molar-refractivity contribution is -0.124. The summed E-state index contributed by atoms with van der Waals surface area (Å²) >= 11 is 0. The van der Waals surface area contributed by atoms with Crippen LogP contribution in [-0.4, -0.2) is 42.5 Å². The van der Waals surface area contributed by atoms with E-state index in [0.29, 0.717) is 12.5 Å². The Morgan fingerprint density at radius 1 is 1.44 bits per heavy atom. The molecule has 1 heterocycles. The van der Waals surface area contributed by atoms with Gasteiger partial charge in [0, 0.05) is 12.1 Å². The van der Waals surface area contributed by atoms with Crippen molar-refractivity contribution in [2.75, 3.05) is 26.2 Å². The van der Waals surface area contributed by atoms with E-state index in [1.165, 1.54) is 12.8 Å². The first-order chi connectivity index (χ1) is 7.90. The van der Waals surface area contributed by atoms with Crippen LogP contribution in [0.2, 0.25) is 0 Å². The van der Waals surface area contributed by atoms with Gasteiger partial charge in [-0.3, -0.25) is 9.69 Å². The molecule has 1 saturated heterocycles. The first kappa shape index (κ1) is 17.7. The molecule has 0 saturated carbocycles. The monoisotopic (exact) mass is 277 g/mol. The lowest BCUT2D eigenvalue weighted by atomic mass is 9.95. The molecule has 4 nitrogen and oxygen atoms in total. The largest absolute Gasteiger partial charge is 0.350 e. The Bertz CT molecular complexity index is 251. The summed E-state index contributed by atoms with van der Waals surface area (Å²) in [6, 6.07) is 0. The average Bonchev–Trinajstić information content (AvgIpc) is 2.15. The van der Waals surface area contributed by atoms with E-state index in [1.807, 2.05) is 20.8 Å². The van der Waals surface area contributed by atoms with Gasteiger partial charge >= 0.3 is 0 Å². The van der Waals surface area contributed by atoms with Gasteiger partial charge in [0.1, 0.15) is 0 Å². The molecule has 1 aliphatic rings. The number of rotatable bonds is 4. The maximum absolute atomic E-state index is 11.8. The molecule has 1 atom stereocenters. The van der Waals surface area contributed by atoms with Gasteiger partial charge in [-0.25, -0.2) is 0 Å². The van der Waals surface area contributed by atoms with Crippen LogP contribution in [0.1, 0.15) is 40.0 Å². The van der Waals surface area contributed by atoms with Crippen LogP contribution in [0, 0.1) is 5.92 Å². The molecular formula is C13H28ClN3O. The van der Waals surface area contributed by atoms with Crippen LogP contribution in [-0.2, 0) is 4.79 Å². The third kappa shape index (κ3) is 7.19. The fourth-order valence-electron chi connectivity index (χ4n) is 2.43. The predicted octanol–water partition coefficient (Wildman–Crippen LogP) is 1.38. The van der Waals surface area contributed by atoms with Gasteiger partial charge in [0.25, 0.3) is 0 Å². The highest BCUT2D eigenvalue weighted by molar-refractivity contribution is 5.85. The fourth-order valence-corrected chi connectivity index (χ4v) is 2.43. The summed E-state index contributed by atoms with van der Waals surface area (Å²) < 4.78 is 0. The van der Waals surface area contributed by atoms with Crippen LogP contribution in [0.3, 0.4) is 0 Å². The van der Waals surface area contributed by atoms with E-state index >= 15 is 0 Å². The molecule has 0 aromatic carbocycles. The van der Waals surface area contributed by atoms with Crippen molar-refractivity contribution in [3.05, 3.63) is 0 Å². The second kappa shape index (κ2) is 7.97. The van der Waals surface area contributed by atoms with Crippen molar-refractivity contribution in [2.45, 2.75) is 45.6 Å². The molecule has 1 amide bonds. The van der Waals surface area contributed by atoms with Crippen molar-refractivity contribution in [2.24, 2.45) is 11.7 Å². The third-order valence-corrected chi connectivity index (χ3v) is 3.06. The van der Waals surface area contributed by atoms with Gasteiger partial charge in [0.05, 0.1) is 6.54 Å². The average molecular weight is 278 g/mol. The molecule has 0 aromatic heterocycles. The highest BCUT2D eigenvalue weighted by atomic mass is 35.5. The number of hydrogen-bond donors (Lipinski definition) is 2. The molecule has 1 fully saturated rings. The molecule has 1 rings (SSSR count). The molecule has 0 radical (unpaired) electrons. The highest BCUT2D eigenvalue weighted by Gasteiger charge is 2.22. The summed E-state index contributed by atoms with van der Waals surface area (Å²) in [7, 11) is 0. The van der Waals surface area contributed by atoms with Gasteiger partial charge in [0.2, 0.25) is 5.91 Å². The fraction of sp³-hybridized carbons (Fsp3) is 0.923. The number of hydrogen-bond acceptors (Lipinski definition) is 3. The minimum atomic E-state index is -0.135. The minimum absolute atomic E-state index is 0. The summed E-state index contributed by atoms with van der Waals surface area (Å²) in [5.74, 6) is 0.807. The molecule has 0 spiro atoms. The number of carbonyl (C=O) groups is 1. The molecule has 0 aromatic rings. The summed E-state index contributed by atoms with van der Waals surface area (Å²) in [6.45, 7) is 9.38. The van der Waals surface area contributed by atoms with Crippen molar-refractivity contribution in [1.82, 2.24) is 10.2 Å². The summed E-state index contributed by atoms with van der Waals surface area (Å²) in [5, 5.41) is 3.01. The van der Waals surface area contributed by atoms with Crippen LogP contribution in [0.4, 0.5) is 0 Å². The highest BCUT2D eigenvalue weighted by Crippen LogP contribution is 2.18. The Hall–Kier alpha value is -0.320. The topological polar surface area (TPSA) is 58.4 Å². The first-order valence-electron chi connectivity index (χ1n) is 6.64. The van der Waals surface area contributed by atoms with Crippen LogP contribution < -0.4 is 11.1 Å². The minimum Gasteiger partial charge on any atom is -0.350 e. The smallest absolute Gasteiger partial charge is 0.234 e. The SMILES string of the molecule is CC(C)(C)NC(=O)CN1CCCC(CCN)C1.Cl. The second-order valence-electron chi connectivity index (χ2n) is 6.12. The Kier molecular flexibility index (Phi) is 7.83. The van der Waals surface area contributed by atoms with Crippen molar-refractivity contribution >= 4 is 18.3 Å². The van der Waals surface area contributed by atoms with E-state index in [0.717, 1.165) is 26.1 Å². The van der Waals surface area contributed by atoms with E-state index in [2.05, 4.69) is 10.2 Å². The number of likely N-dealkylation sites (tertiary alicyclic amines) is 1. The van der Waals surface area contributed by atoms with Crippen LogP contribution >= 0.6 is 12.4 Å². The molecule has 18 heavy (non-hydrogen) atoms. The molecule has 3 N–H and O–H groups in total. The second-order valence-corrected chi connectivity index (χ2v) is 6.12. The van der Waals surface area contributed by atoms with Crippen molar-refractivity contribution in [1.29, 1.82) is 0 Å². The maximum atomic E-state index is 11.8. The number of amides is 1. The van der Waals surface area contributed by atoms with Gasteiger partial charge in [-0.1, -0.05) is 0 Å². The zero-order valence-electron chi connectivity index (χ0n) is 11.9. The van der Waals surface area contributed by atoms with E-state index in [-0.39, 0.29) is 23.9 Å². The zero-order valence-corrected chi connectivity index (χ0v) is 12.7. The van der Waals surface area contributed by atoms with Gasteiger partial charge in [0.15, 0.2) is 0 Å². The Morgan fingerprint density at radius 2 is 2.11 bits per heavy atom. The number of nitrogens with two attached hydrogens (primary N) is 1. The van der Waals surface area contributed by atoms with E-state index in [9.17, 15) is 4.79 Å². The normalized spacial score (nSPS) is 21.2. The van der Waals surface area contributed by atoms with E-state index < -0.39 is 0 Å². The molecule has 108 valence electrons. The molecule has 1 aliphatic heterocycles. The zero-order chi connectivity index (χ0) is 12.9. The molecule has 1 unspecified atom stereocenters. The standard InChI is InChI=1S/C13H27N3O.ClH/c1-13(2,3)15-12(17)10-16-8-4-5-11(9-16)6-7-14;/h11H,4-10,14H2,1-3H3,(H,15,17);1H. The van der Waals surface area contributed by atoms with Crippen molar-refractivity contribution in [3.8, 4) is 0 Å². The van der Waals surface area contributed by atoms with Crippen LogP contribution in [0.25, 0.3) is 0 Å².